The van der Waals surface area contributed by atoms with Crippen LogP contribution in [0.2, 0.25) is 0 Å². The largest absolute Gasteiger partial charge is 0.271 e. The number of rotatable bonds is 3. The lowest BCUT2D eigenvalue weighted by Crippen LogP contribution is -1.99. The number of para-hydroxylation sites is 1. The van der Waals surface area contributed by atoms with E-state index in [4.69, 9.17) is 5.10 Å². The molecular formula is C22H12BrFN4O2. The number of halogens is 2. The Labute approximate surface area is 177 Å². The first-order valence-electron chi connectivity index (χ1n) is 8.99. The van der Waals surface area contributed by atoms with Crippen molar-refractivity contribution in [2.75, 3.05) is 0 Å². The van der Waals surface area contributed by atoms with Gasteiger partial charge in [-0.3, -0.25) is 15.1 Å². The van der Waals surface area contributed by atoms with Gasteiger partial charge in [0.15, 0.2) is 0 Å². The maximum absolute atomic E-state index is 14.4. The summed E-state index contributed by atoms with van der Waals surface area (Å²) < 4.78 is 16.9. The fraction of sp³-hybridized carbons (Fsp3) is 0. The number of benzene rings is 3. The number of nitro groups is 1. The van der Waals surface area contributed by atoms with E-state index >= 15 is 0 Å². The molecule has 0 amide bonds. The van der Waals surface area contributed by atoms with Crippen molar-refractivity contribution in [2.24, 2.45) is 0 Å². The Bertz CT molecular complexity index is 1460. The van der Waals surface area contributed by atoms with Crippen molar-refractivity contribution in [2.45, 2.75) is 0 Å². The standard InChI is InChI=1S/C22H12BrFN4O2/c23-14-5-1-4-13(10-14)20-18-12-25-21-17(8-3-9-19(21)24)22(18)27(26-20)15-6-2-7-16(11-15)28(29)30/h1-12H. The van der Waals surface area contributed by atoms with Gasteiger partial charge in [0.05, 0.1) is 16.1 Å². The summed E-state index contributed by atoms with van der Waals surface area (Å²) in [4.78, 5) is 15.1. The molecule has 5 aromatic rings. The van der Waals surface area contributed by atoms with Crippen molar-refractivity contribution in [1.82, 2.24) is 14.8 Å². The Balaban J connectivity index is 1.91. The van der Waals surface area contributed by atoms with Crippen molar-refractivity contribution in [3.05, 3.63) is 93.3 Å². The summed E-state index contributed by atoms with van der Waals surface area (Å²) in [5.74, 6) is -0.440. The van der Waals surface area contributed by atoms with Crippen LogP contribution >= 0.6 is 15.9 Å². The van der Waals surface area contributed by atoms with Crippen molar-refractivity contribution >= 4 is 43.4 Å². The Morgan fingerprint density at radius 2 is 1.80 bits per heavy atom. The van der Waals surface area contributed by atoms with E-state index in [0.717, 1.165) is 15.4 Å². The Kier molecular flexibility index (Phi) is 4.29. The molecule has 2 aromatic heterocycles. The summed E-state index contributed by atoms with van der Waals surface area (Å²) in [6.07, 6.45) is 1.60. The van der Waals surface area contributed by atoms with E-state index in [1.807, 2.05) is 24.3 Å². The quantitative estimate of drug-likeness (QED) is 0.241. The lowest BCUT2D eigenvalue weighted by atomic mass is 10.1. The first kappa shape index (κ1) is 18.4. The van der Waals surface area contributed by atoms with Crippen LogP contribution in [0.3, 0.4) is 0 Å². The summed E-state index contributed by atoms with van der Waals surface area (Å²) in [7, 11) is 0. The minimum Gasteiger partial charge on any atom is -0.258 e. The topological polar surface area (TPSA) is 73.8 Å². The highest BCUT2D eigenvalue weighted by molar-refractivity contribution is 9.10. The second-order valence-electron chi connectivity index (χ2n) is 6.70. The number of hydrogen-bond acceptors (Lipinski definition) is 4. The monoisotopic (exact) mass is 462 g/mol. The van der Waals surface area contributed by atoms with Crippen molar-refractivity contribution in [3.8, 4) is 16.9 Å². The number of hydrogen-bond donors (Lipinski definition) is 0. The van der Waals surface area contributed by atoms with Crippen molar-refractivity contribution in [1.29, 1.82) is 0 Å². The molecule has 6 nitrogen and oxygen atoms in total. The summed E-state index contributed by atoms with van der Waals surface area (Å²) in [5.41, 5.74) is 2.80. The summed E-state index contributed by atoms with van der Waals surface area (Å²) in [5, 5.41) is 17.3. The predicted molar refractivity (Wildman–Crippen MR) is 116 cm³/mol. The van der Waals surface area contributed by atoms with E-state index in [1.165, 1.54) is 18.2 Å². The third kappa shape index (κ3) is 2.93. The Morgan fingerprint density at radius 3 is 2.60 bits per heavy atom. The number of fused-ring (bicyclic) bond motifs is 3. The number of nitrogens with zero attached hydrogens (tertiary/aromatic N) is 4. The highest BCUT2D eigenvalue weighted by atomic mass is 79.9. The van der Waals surface area contributed by atoms with Gasteiger partial charge in [0, 0.05) is 39.1 Å². The van der Waals surface area contributed by atoms with Crippen LogP contribution in [-0.4, -0.2) is 19.7 Å². The van der Waals surface area contributed by atoms with Crippen LogP contribution in [0.15, 0.2) is 77.4 Å². The van der Waals surface area contributed by atoms with Crippen LogP contribution < -0.4 is 0 Å². The SMILES string of the molecule is O=[N+]([O-])c1cccc(-n2nc(-c3cccc(Br)c3)c3cnc4c(F)cccc4c32)c1. The first-order chi connectivity index (χ1) is 14.5. The van der Waals surface area contributed by atoms with Crippen LogP contribution in [0.4, 0.5) is 10.1 Å². The molecule has 3 aromatic carbocycles. The molecule has 0 N–H and O–H groups in total. The molecule has 0 spiro atoms. The van der Waals surface area contributed by atoms with Gasteiger partial charge < -0.3 is 0 Å². The molecule has 0 saturated carbocycles. The molecule has 0 bridgehead atoms. The molecule has 0 fully saturated rings. The van der Waals surface area contributed by atoms with Crippen molar-refractivity contribution < 1.29 is 9.31 Å². The third-order valence-electron chi connectivity index (χ3n) is 4.87. The molecule has 0 saturated heterocycles. The molecule has 0 atom stereocenters. The summed E-state index contributed by atoms with van der Waals surface area (Å²) >= 11 is 3.48. The zero-order valence-electron chi connectivity index (χ0n) is 15.3. The number of pyridine rings is 1. The zero-order chi connectivity index (χ0) is 20.8. The van der Waals surface area contributed by atoms with Gasteiger partial charge in [-0.1, -0.05) is 46.3 Å². The first-order valence-corrected chi connectivity index (χ1v) is 9.79. The molecule has 8 heteroatoms. The summed E-state index contributed by atoms with van der Waals surface area (Å²) in [6.45, 7) is 0. The van der Waals surface area contributed by atoms with Gasteiger partial charge in [-0.25, -0.2) is 9.07 Å². The van der Waals surface area contributed by atoms with E-state index in [0.29, 0.717) is 22.3 Å². The van der Waals surface area contributed by atoms with Gasteiger partial charge in [0.2, 0.25) is 0 Å². The van der Waals surface area contributed by atoms with E-state index in [-0.39, 0.29) is 11.2 Å². The zero-order valence-corrected chi connectivity index (χ0v) is 16.9. The van der Waals surface area contributed by atoms with Crippen LogP contribution in [0.5, 0.6) is 0 Å². The van der Waals surface area contributed by atoms with Crippen LogP contribution in [-0.2, 0) is 0 Å². The normalized spacial score (nSPS) is 11.3. The second kappa shape index (κ2) is 7.00. The third-order valence-corrected chi connectivity index (χ3v) is 5.36. The maximum atomic E-state index is 14.4. The molecule has 0 aliphatic heterocycles. The molecule has 2 heterocycles. The fourth-order valence-corrected chi connectivity index (χ4v) is 3.95. The van der Waals surface area contributed by atoms with E-state index in [9.17, 15) is 14.5 Å². The van der Waals surface area contributed by atoms with Gasteiger partial charge in [0.25, 0.3) is 5.69 Å². The number of aromatic nitrogens is 3. The Morgan fingerprint density at radius 1 is 1.00 bits per heavy atom. The van der Waals surface area contributed by atoms with Gasteiger partial charge in [-0.2, -0.15) is 5.10 Å². The molecule has 0 aliphatic carbocycles. The van der Waals surface area contributed by atoms with E-state index < -0.39 is 10.7 Å². The van der Waals surface area contributed by atoms with Gasteiger partial charge in [-0.05, 0) is 24.3 Å². The smallest absolute Gasteiger partial charge is 0.258 e. The number of nitro benzene ring substituents is 1. The van der Waals surface area contributed by atoms with Crippen molar-refractivity contribution in [3.63, 3.8) is 0 Å². The average Bonchev–Trinajstić information content (AvgIpc) is 3.14. The predicted octanol–water partition coefficient (Wildman–Crippen LogP) is 6.05. The average molecular weight is 463 g/mol. The maximum Gasteiger partial charge on any atom is 0.271 e. The highest BCUT2D eigenvalue weighted by Crippen LogP contribution is 2.35. The second-order valence-corrected chi connectivity index (χ2v) is 7.62. The molecular weight excluding hydrogens is 451 g/mol. The molecule has 0 radical (unpaired) electrons. The molecule has 0 aliphatic rings. The Hall–Kier alpha value is -3.65. The minimum absolute atomic E-state index is 0.0512. The highest BCUT2D eigenvalue weighted by Gasteiger charge is 2.19. The molecule has 5 rings (SSSR count). The lowest BCUT2D eigenvalue weighted by Gasteiger charge is -2.06. The van der Waals surface area contributed by atoms with Crippen LogP contribution in [0.25, 0.3) is 38.8 Å². The van der Waals surface area contributed by atoms with Gasteiger partial charge in [0.1, 0.15) is 17.0 Å². The van der Waals surface area contributed by atoms with Crippen LogP contribution in [0.1, 0.15) is 0 Å². The minimum atomic E-state index is -0.455. The number of non-ortho nitro benzene ring substituents is 1. The lowest BCUT2D eigenvalue weighted by molar-refractivity contribution is -0.384. The van der Waals surface area contributed by atoms with E-state index in [2.05, 4.69) is 20.9 Å². The molecule has 30 heavy (non-hydrogen) atoms. The van der Waals surface area contributed by atoms with E-state index in [1.54, 1.807) is 35.1 Å². The fourth-order valence-electron chi connectivity index (χ4n) is 3.55. The summed E-state index contributed by atoms with van der Waals surface area (Å²) in [6, 6.07) is 18.6. The molecule has 0 unspecified atom stereocenters. The molecule has 146 valence electrons. The van der Waals surface area contributed by atoms with Gasteiger partial charge >= 0.3 is 0 Å². The van der Waals surface area contributed by atoms with Crippen LogP contribution in [0, 0.1) is 15.9 Å². The van der Waals surface area contributed by atoms with Gasteiger partial charge in [-0.15, -0.1) is 0 Å².